The highest BCUT2D eigenvalue weighted by molar-refractivity contribution is 8.26. The fraction of sp³-hybridized carbons (Fsp3) is 0.304. The van der Waals surface area contributed by atoms with Crippen LogP contribution >= 0.6 is 24.0 Å². The second-order valence-electron chi connectivity index (χ2n) is 6.79. The molecule has 0 aliphatic carbocycles. The van der Waals surface area contributed by atoms with Gasteiger partial charge in [0.05, 0.1) is 18.1 Å². The highest BCUT2D eigenvalue weighted by Gasteiger charge is 2.22. The van der Waals surface area contributed by atoms with Crippen molar-refractivity contribution in [2.75, 3.05) is 13.2 Å². The van der Waals surface area contributed by atoms with Crippen LogP contribution in [0.2, 0.25) is 0 Å². The van der Waals surface area contributed by atoms with Crippen molar-refractivity contribution in [2.45, 2.75) is 32.6 Å². The zero-order valence-electron chi connectivity index (χ0n) is 16.6. The Balaban J connectivity index is 1.54. The molecular formula is C23H25NO3S2. The second kappa shape index (κ2) is 10.5. The molecule has 29 heavy (non-hydrogen) atoms. The van der Waals surface area contributed by atoms with Crippen LogP contribution in [0.3, 0.4) is 0 Å². The van der Waals surface area contributed by atoms with Crippen molar-refractivity contribution in [1.29, 1.82) is 0 Å². The highest BCUT2D eigenvalue weighted by Crippen LogP contribution is 2.30. The van der Waals surface area contributed by atoms with Gasteiger partial charge in [-0.1, -0.05) is 74.2 Å². The molecule has 1 atom stereocenters. The Hall–Kier alpha value is -2.31. The van der Waals surface area contributed by atoms with E-state index in [2.05, 4.69) is 31.3 Å². The number of nitrogens with one attached hydrogen (secondary N) is 1. The molecule has 1 aliphatic rings. The van der Waals surface area contributed by atoms with E-state index in [4.69, 9.17) is 21.7 Å². The van der Waals surface area contributed by atoms with Crippen molar-refractivity contribution < 1.29 is 14.3 Å². The Bertz CT molecular complexity index is 911. The maximum Gasteiger partial charge on any atom is 0.263 e. The minimum absolute atomic E-state index is 0.164. The fourth-order valence-corrected chi connectivity index (χ4v) is 3.99. The van der Waals surface area contributed by atoms with Crippen LogP contribution in [0.25, 0.3) is 6.08 Å². The molecule has 3 rings (SSSR count). The third-order valence-electron chi connectivity index (χ3n) is 4.71. The van der Waals surface area contributed by atoms with Crippen molar-refractivity contribution in [1.82, 2.24) is 5.32 Å². The fourth-order valence-electron chi connectivity index (χ4n) is 2.96. The molecule has 1 N–H and O–H groups in total. The van der Waals surface area contributed by atoms with Gasteiger partial charge in [0.2, 0.25) is 0 Å². The number of para-hydroxylation sites is 2. The van der Waals surface area contributed by atoms with Crippen LogP contribution in [-0.4, -0.2) is 23.4 Å². The molecule has 2 aromatic rings. The first kappa shape index (κ1) is 21.4. The quantitative estimate of drug-likeness (QED) is 0.324. The molecule has 2 aromatic carbocycles. The Morgan fingerprint density at radius 2 is 1.72 bits per heavy atom. The maximum absolute atomic E-state index is 11.9. The Morgan fingerprint density at radius 3 is 2.41 bits per heavy atom. The Morgan fingerprint density at radius 1 is 1.07 bits per heavy atom. The largest absolute Gasteiger partial charge is 0.493 e. The first-order valence-electron chi connectivity index (χ1n) is 9.77. The van der Waals surface area contributed by atoms with E-state index in [1.54, 1.807) is 0 Å². The molecule has 0 spiro atoms. The number of benzene rings is 2. The minimum Gasteiger partial charge on any atom is -0.493 e. The average Bonchev–Trinajstić information content (AvgIpc) is 3.05. The lowest BCUT2D eigenvalue weighted by Gasteiger charge is -2.16. The number of carbonyl (C=O) groups is 1. The molecule has 1 heterocycles. The molecule has 1 unspecified atom stereocenters. The van der Waals surface area contributed by atoms with E-state index in [9.17, 15) is 4.79 Å². The van der Waals surface area contributed by atoms with E-state index in [-0.39, 0.29) is 5.91 Å². The van der Waals surface area contributed by atoms with Gasteiger partial charge in [0.25, 0.3) is 5.91 Å². The summed E-state index contributed by atoms with van der Waals surface area (Å²) < 4.78 is 12.4. The highest BCUT2D eigenvalue weighted by atomic mass is 32.2. The predicted molar refractivity (Wildman–Crippen MR) is 124 cm³/mol. The van der Waals surface area contributed by atoms with E-state index >= 15 is 0 Å². The summed E-state index contributed by atoms with van der Waals surface area (Å²) in [5, 5.41) is 2.63. The van der Waals surface area contributed by atoms with Crippen molar-refractivity contribution in [2.24, 2.45) is 0 Å². The van der Waals surface area contributed by atoms with Gasteiger partial charge in [-0.25, -0.2) is 0 Å². The average molecular weight is 428 g/mol. The third-order valence-corrected chi connectivity index (χ3v) is 5.88. The molecule has 1 fully saturated rings. The van der Waals surface area contributed by atoms with Crippen LogP contribution in [0.4, 0.5) is 0 Å². The molecule has 0 saturated carbocycles. The van der Waals surface area contributed by atoms with Crippen molar-refractivity contribution in [3.8, 4) is 11.5 Å². The van der Waals surface area contributed by atoms with Crippen molar-refractivity contribution >= 4 is 40.3 Å². The number of amides is 1. The monoisotopic (exact) mass is 427 g/mol. The number of ether oxygens (including phenoxy) is 2. The lowest BCUT2D eigenvalue weighted by atomic mass is 9.98. The summed E-state index contributed by atoms with van der Waals surface area (Å²) in [5.41, 5.74) is 2.11. The summed E-state index contributed by atoms with van der Waals surface area (Å²) in [6.07, 6.45) is 3.66. The van der Waals surface area contributed by atoms with E-state index in [0.717, 1.165) is 29.9 Å². The lowest BCUT2D eigenvalue weighted by molar-refractivity contribution is -0.115. The third kappa shape index (κ3) is 5.84. The summed E-state index contributed by atoms with van der Waals surface area (Å²) in [7, 11) is 0. The first-order valence-corrected chi connectivity index (χ1v) is 11.0. The summed E-state index contributed by atoms with van der Waals surface area (Å²) >= 11 is 6.31. The van der Waals surface area contributed by atoms with Gasteiger partial charge in [0.15, 0.2) is 0 Å². The van der Waals surface area contributed by atoms with Gasteiger partial charge < -0.3 is 14.8 Å². The second-order valence-corrected chi connectivity index (χ2v) is 8.51. The number of hydrogen-bond acceptors (Lipinski definition) is 5. The predicted octanol–water partition coefficient (Wildman–Crippen LogP) is 5.54. The smallest absolute Gasteiger partial charge is 0.263 e. The van der Waals surface area contributed by atoms with Gasteiger partial charge in [0.1, 0.15) is 15.8 Å². The molecule has 1 amide bonds. The topological polar surface area (TPSA) is 47.6 Å². The van der Waals surface area contributed by atoms with Gasteiger partial charge in [-0.3, -0.25) is 4.79 Å². The normalized spacial score (nSPS) is 16.0. The van der Waals surface area contributed by atoms with Crippen LogP contribution in [0.15, 0.2) is 53.4 Å². The van der Waals surface area contributed by atoms with E-state index in [0.29, 0.717) is 28.4 Å². The molecule has 0 bridgehead atoms. The molecule has 1 aliphatic heterocycles. The standard InChI is InChI=1S/C23H25NO3S2/c1-3-16(2)18-10-5-7-12-20(18)27-14-8-13-26-19-11-6-4-9-17(19)15-21-22(25)24-23(28)29-21/h4-7,9-12,15-16H,3,8,13-14H2,1-2H3,(H,24,25,28). The summed E-state index contributed by atoms with van der Waals surface area (Å²) in [5.74, 6) is 2.00. The van der Waals surface area contributed by atoms with Gasteiger partial charge in [0, 0.05) is 12.0 Å². The van der Waals surface area contributed by atoms with Crippen molar-refractivity contribution in [3.05, 3.63) is 64.6 Å². The minimum atomic E-state index is -0.164. The van der Waals surface area contributed by atoms with E-state index in [1.165, 1.54) is 17.3 Å². The zero-order valence-corrected chi connectivity index (χ0v) is 18.3. The van der Waals surface area contributed by atoms with Gasteiger partial charge >= 0.3 is 0 Å². The van der Waals surface area contributed by atoms with Gasteiger partial charge in [-0.05, 0) is 36.1 Å². The molecule has 0 aromatic heterocycles. The molecule has 152 valence electrons. The summed E-state index contributed by atoms with van der Waals surface area (Å²) in [6.45, 7) is 5.52. The summed E-state index contributed by atoms with van der Waals surface area (Å²) in [4.78, 5) is 12.5. The van der Waals surface area contributed by atoms with E-state index < -0.39 is 0 Å². The van der Waals surface area contributed by atoms with Crippen LogP contribution < -0.4 is 14.8 Å². The SMILES string of the molecule is CCC(C)c1ccccc1OCCCOc1ccccc1C=C1SC(=S)NC1=O. The van der Waals surface area contributed by atoms with Crippen LogP contribution in [0, 0.1) is 0 Å². The number of thioether (sulfide) groups is 1. The van der Waals surface area contributed by atoms with Crippen molar-refractivity contribution in [3.63, 3.8) is 0 Å². The number of carbonyl (C=O) groups excluding carboxylic acids is 1. The maximum atomic E-state index is 11.9. The first-order chi connectivity index (χ1) is 14.1. The molecule has 1 saturated heterocycles. The zero-order chi connectivity index (χ0) is 20.6. The van der Waals surface area contributed by atoms with Gasteiger partial charge in [-0.15, -0.1) is 0 Å². The number of hydrogen-bond donors (Lipinski definition) is 1. The van der Waals surface area contributed by atoms with Gasteiger partial charge in [-0.2, -0.15) is 0 Å². The summed E-state index contributed by atoms with van der Waals surface area (Å²) in [6, 6.07) is 15.9. The van der Waals surface area contributed by atoms with E-state index in [1.807, 2.05) is 42.5 Å². The molecular weight excluding hydrogens is 402 g/mol. The lowest BCUT2D eigenvalue weighted by Crippen LogP contribution is -2.17. The number of thiocarbonyl (C=S) groups is 1. The molecule has 0 radical (unpaired) electrons. The number of rotatable bonds is 9. The Kier molecular flexibility index (Phi) is 7.72. The molecule has 4 nitrogen and oxygen atoms in total. The molecule has 6 heteroatoms. The van der Waals surface area contributed by atoms with Crippen LogP contribution in [0.1, 0.15) is 43.7 Å². The van der Waals surface area contributed by atoms with Crippen LogP contribution in [-0.2, 0) is 4.79 Å². The van der Waals surface area contributed by atoms with Crippen LogP contribution in [0.5, 0.6) is 11.5 Å². The Labute approximate surface area is 181 Å².